The zero-order valence-electron chi connectivity index (χ0n) is 16.0. The summed E-state index contributed by atoms with van der Waals surface area (Å²) in [5.74, 6) is 0.129. The Balaban J connectivity index is 2.53. The summed E-state index contributed by atoms with van der Waals surface area (Å²) in [5, 5.41) is 0. The Hall–Kier alpha value is -2.24. The van der Waals surface area contributed by atoms with Crippen LogP contribution in [-0.4, -0.2) is 38.2 Å². The normalized spacial score (nSPS) is 19.3. The van der Waals surface area contributed by atoms with Crippen LogP contribution in [0.5, 0.6) is 17.2 Å². The highest BCUT2D eigenvalue weighted by Crippen LogP contribution is 2.48. The van der Waals surface area contributed by atoms with Gasteiger partial charge in [-0.1, -0.05) is 0 Å². The van der Waals surface area contributed by atoms with E-state index < -0.39 is 11.9 Å². The van der Waals surface area contributed by atoms with E-state index >= 15 is 0 Å². The molecule has 1 aliphatic carbocycles. The third kappa shape index (κ3) is 4.29. The number of hydrogen-bond acceptors (Lipinski definition) is 6. The van der Waals surface area contributed by atoms with Crippen molar-refractivity contribution in [2.75, 3.05) is 26.4 Å². The summed E-state index contributed by atoms with van der Waals surface area (Å²) in [4.78, 5) is 24.8. The van der Waals surface area contributed by atoms with Crippen LogP contribution in [0, 0.1) is 5.92 Å². The number of rotatable bonds is 9. The van der Waals surface area contributed by atoms with Gasteiger partial charge in [0.1, 0.15) is 28.9 Å². The second-order valence-electron chi connectivity index (χ2n) is 5.97. The van der Waals surface area contributed by atoms with Crippen molar-refractivity contribution in [3.8, 4) is 17.2 Å². The van der Waals surface area contributed by atoms with Crippen molar-refractivity contribution in [3.63, 3.8) is 0 Å². The van der Waals surface area contributed by atoms with Crippen LogP contribution < -0.4 is 14.2 Å². The lowest BCUT2D eigenvalue weighted by Gasteiger charge is -2.24. The maximum Gasteiger partial charge on any atom is 0.317 e. The first kappa shape index (κ1) is 20.1. The Labute approximate surface area is 154 Å². The minimum absolute atomic E-state index is 0.0905. The summed E-state index contributed by atoms with van der Waals surface area (Å²) in [5.41, 5.74) is 0.751. The first-order chi connectivity index (χ1) is 12.6. The zero-order valence-corrected chi connectivity index (χ0v) is 16.0. The molecule has 1 fully saturated rings. The van der Waals surface area contributed by atoms with Crippen molar-refractivity contribution >= 4 is 11.8 Å². The van der Waals surface area contributed by atoms with Gasteiger partial charge in [-0.2, -0.15) is 0 Å². The van der Waals surface area contributed by atoms with E-state index in [2.05, 4.69) is 0 Å². The van der Waals surface area contributed by atoms with Crippen LogP contribution >= 0.6 is 0 Å². The monoisotopic (exact) mass is 364 g/mol. The second kappa shape index (κ2) is 9.46. The molecule has 6 heteroatoms. The predicted molar refractivity (Wildman–Crippen MR) is 97.1 cm³/mol. The van der Waals surface area contributed by atoms with Crippen LogP contribution in [0.1, 0.15) is 52.0 Å². The minimum Gasteiger partial charge on any atom is -0.494 e. The molecule has 1 aliphatic rings. The van der Waals surface area contributed by atoms with Gasteiger partial charge in [0, 0.05) is 30.0 Å². The molecule has 0 radical (unpaired) electrons. The van der Waals surface area contributed by atoms with Crippen LogP contribution in [0.4, 0.5) is 0 Å². The third-order valence-electron chi connectivity index (χ3n) is 4.35. The number of hydrogen-bond donors (Lipinski definition) is 0. The van der Waals surface area contributed by atoms with E-state index in [0.29, 0.717) is 49.9 Å². The molecule has 26 heavy (non-hydrogen) atoms. The zero-order chi connectivity index (χ0) is 19.1. The van der Waals surface area contributed by atoms with E-state index in [1.54, 1.807) is 19.1 Å². The standard InChI is InChI=1S/C20H28O6/c1-5-23-13-11-16(24-6-2)19(17(12-13)25-7-3)14-9-10-15(21)18(14)20(22)26-8-4/h11-12,14,18H,5-10H2,1-4H3/t14-,18+/m0/s1. The van der Waals surface area contributed by atoms with Gasteiger partial charge in [0.15, 0.2) is 0 Å². The molecule has 0 saturated heterocycles. The predicted octanol–water partition coefficient (Wildman–Crippen LogP) is 3.51. The molecule has 0 bridgehead atoms. The van der Waals surface area contributed by atoms with Gasteiger partial charge in [0.25, 0.3) is 0 Å². The van der Waals surface area contributed by atoms with Crippen LogP contribution in [-0.2, 0) is 14.3 Å². The van der Waals surface area contributed by atoms with Gasteiger partial charge in [0.2, 0.25) is 0 Å². The second-order valence-corrected chi connectivity index (χ2v) is 5.97. The molecule has 0 amide bonds. The molecule has 0 N–H and O–H groups in total. The SMILES string of the molecule is CCOC(=O)[C@H]1C(=O)CC[C@@H]1c1c(OCC)cc(OCC)cc1OCC. The van der Waals surface area contributed by atoms with Crippen molar-refractivity contribution in [1.82, 2.24) is 0 Å². The summed E-state index contributed by atoms with van der Waals surface area (Å²) in [6, 6.07) is 3.60. The Morgan fingerprint density at radius 2 is 1.54 bits per heavy atom. The number of Topliss-reactive ketones (excluding diaryl/α,β-unsaturated/α-hetero) is 1. The van der Waals surface area contributed by atoms with Crippen LogP contribution in [0.15, 0.2) is 12.1 Å². The number of esters is 1. The Morgan fingerprint density at radius 3 is 2.04 bits per heavy atom. The largest absolute Gasteiger partial charge is 0.494 e. The van der Waals surface area contributed by atoms with Crippen molar-refractivity contribution in [2.24, 2.45) is 5.92 Å². The number of carbonyl (C=O) groups is 2. The smallest absolute Gasteiger partial charge is 0.317 e. The maximum atomic E-state index is 12.4. The Bertz CT molecular complexity index is 612. The van der Waals surface area contributed by atoms with E-state index in [1.807, 2.05) is 20.8 Å². The molecule has 144 valence electrons. The highest BCUT2D eigenvalue weighted by atomic mass is 16.5. The van der Waals surface area contributed by atoms with Crippen molar-refractivity contribution < 1.29 is 28.5 Å². The summed E-state index contributed by atoms with van der Waals surface area (Å²) < 4.78 is 22.4. The first-order valence-corrected chi connectivity index (χ1v) is 9.32. The molecule has 0 heterocycles. The van der Waals surface area contributed by atoms with Crippen molar-refractivity contribution in [3.05, 3.63) is 17.7 Å². The summed E-state index contributed by atoms with van der Waals surface area (Å²) in [7, 11) is 0. The van der Waals surface area contributed by atoms with Gasteiger partial charge < -0.3 is 18.9 Å². The van der Waals surface area contributed by atoms with E-state index in [1.165, 1.54) is 0 Å². The fourth-order valence-electron chi connectivity index (χ4n) is 3.43. The van der Waals surface area contributed by atoms with Crippen LogP contribution in [0.25, 0.3) is 0 Å². The molecule has 0 unspecified atom stereocenters. The van der Waals surface area contributed by atoms with E-state index in [-0.39, 0.29) is 18.3 Å². The topological polar surface area (TPSA) is 71.1 Å². The van der Waals surface area contributed by atoms with Gasteiger partial charge in [-0.25, -0.2) is 0 Å². The lowest BCUT2D eigenvalue weighted by molar-refractivity contribution is -0.151. The maximum absolute atomic E-state index is 12.4. The Kier molecular flexibility index (Phi) is 7.30. The third-order valence-corrected chi connectivity index (χ3v) is 4.35. The molecule has 1 aromatic rings. The summed E-state index contributed by atoms with van der Waals surface area (Å²) >= 11 is 0. The fraction of sp³-hybridized carbons (Fsp3) is 0.600. The number of carbonyl (C=O) groups excluding carboxylic acids is 2. The molecule has 2 atom stereocenters. The van der Waals surface area contributed by atoms with Crippen LogP contribution in [0.2, 0.25) is 0 Å². The molecule has 0 aliphatic heterocycles. The Morgan fingerprint density at radius 1 is 0.962 bits per heavy atom. The van der Waals surface area contributed by atoms with Gasteiger partial charge >= 0.3 is 5.97 Å². The molecular formula is C20H28O6. The molecule has 0 aromatic heterocycles. The highest BCUT2D eigenvalue weighted by molar-refractivity contribution is 6.02. The number of benzene rings is 1. The fourth-order valence-corrected chi connectivity index (χ4v) is 3.43. The van der Waals surface area contributed by atoms with Crippen molar-refractivity contribution in [1.29, 1.82) is 0 Å². The lowest BCUT2D eigenvalue weighted by atomic mass is 9.87. The minimum atomic E-state index is -0.814. The first-order valence-electron chi connectivity index (χ1n) is 9.32. The molecule has 0 spiro atoms. The van der Waals surface area contributed by atoms with Crippen LogP contribution in [0.3, 0.4) is 0 Å². The quantitative estimate of drug-likeness (QED) is 0.493. The molecular weight excluding hydrogens is 336 g/mol. The lowest BCUT2D eigenvalue weighted by Crippen LogP contribution is -2.26. The van der Waals surface area contributed by atoms with Gasteiger partial charge in [-0.15, -0.1) is 0 Å². The molecule has 1 aromatic carbocycles. The van der Waals surface area contributed by atoms with E-state index in [0.717, 1.165) is 5.56 Å². The molecule has 6 nitrogen and oxygen atoms in total. The van der Waals surface area contributed by atoms with Gasteiger partial charge in [-0.3, -0.25) is 9.59 Å². The van der Waals surface area contributed by atoms with E-state index in [4.69, 9.17) is 18.9 Å². The number of ether oxygens (including phenoxy) is 4. The van der Waals surface area contributed by atoms with Gasteiger partial charge in [-0.05, 0) is 34.1 Å². The summed E-state index contributed by atoms with van der Waals surface area (Å²) in [6.07, 6.45) is 0.912. The van der Waals surface area contributed by atoms with E-state index in [9.17, 15) is 9.59 Å². The molecule has 1 saturated carbocycles. The van der Waals surface area contributed by atoms with Gasteiger partial charge in [0.05, 0.1) is 26.4 Å². The molecule has 2 rings (SSSR count). The average Bonchev–Trinajstić information content (AvgIpc) is 2.97. The summed E-state index contributed by atoms with van der Waals surface area (Å²) in [6.45, 7) is 9.10. The average molecular weight is 364 g/mol. The highest BCUT2D eigenvalue weighted by Gasteiger charge is 2.44. The number of ketones is 1. The van der Waals surface area contributed by atoms with Crippen molar-refractivity contribution in [2.45, 2.75) is 46.5 Å².